The number of ether oxygens (including phenoxy) is 1. The van der Waals surface area contributed by atoms with Gasteiger partial charge in [-0.1, -0.05) is 0 Å². The number of amides is 1. The Bertz CT molecular complexity index is 232. The van der Waals surface area contributed by atoms with Crippen LogP contribution in [-0.4, -0.2) is 49.7 Å². The molecule has 2 saturated heterocycles. The van der Waals surface area contributed by atoms with Gasteiger partial charge in [0.05, 0.1) is 6.54 Å². The van der Waals surface area contributed by atoms with Gasteiger partial charge in [0, 0.05) is 32.3 Å². The number of hydrogen-bond acceptors (Lipinski definition) is 3. The van der Waals surface area contributed by atoms with Crippen molar-refractivity contribution in [2.75, 3.05) is 32.8 Å². The fourth-order valence-corrected chi connectivity index (χ4v) is 2.59. The van der Waals surface area contributed by atoms with E-state index in [1.54, 1.807) is 0 Å². The van der Waals surface area contributed by atoms with Gasteiger partial charge in [-0.25, -0.2) is 0 Å². The van der Waals surface area contributed by atoms with E-state index in [0.29, 0.717) is 12.6 Å². The molecule has 0 aromatic carbocycles. The van der Waals surface area contributed by atoms with Crippen LogP contribution in [0, 0.1) is 0 Å². The predicted octanol–water partition coefficient (Wildman–Crippen LogP) is 1.16. The molecular formula is C13H24N2O2. The molecule has 4 heteroatoms. The summed E-state index contributed by atoms with van der Waals surface area (Å²) < 4.78 is 5.41. The number of carbonyl (C=O) groups is 1. The summed E-state index contributed by atoms with van der Waals surface area (Å²) in [6, 6.07) is 0.464. The lowest BCUT2D eigenvalue weighted by Crippen LogP contribution is -2.43. The summed E-state index contributed by atoms with van der Waals surface area (Å²) in [5.74, 6) is 0.273. The Morgan fingerprint density at radius 2 is 1.94 bits per heavy atom. The molecule has 17 heavy (non-hydrogen) atoms. The lowest BCUT2D eigenvalue weighted by molar-refractivity contribution is -0.131. The summed E-state index contributed by atoms with van der Waals surface area (Å²) in [5.41, 5.74) is 0. The maximum atomic E-state index is 12.0. The molecular weight excluding hydrogens is 216 g/mol. The van der Waals surface area contributed by atoms with Crippen molar-refractivity contribution >= 4 is 5.91 Å². The zero-order valence-electron chi connectivity index (χ0n) is 10.6. The Hall–Kier alpha value is -0.610. The van der Waals surface area contributed by atoms with Crippen LogP contribution in [0.1, 0.15) is 38.5 Å². The zero-order valence-corrected chi connectivity index (χ0v) is 10.6. The zero-order chi connectivity index (χ0) is 11.9. The third kappa shape index (κ3) is 4.28. The molecule has 0 bridgehead atoms. The van der Waals surface area contributed by atoms with Crippen LogP contribution < -0.4 is 5.32 Å². The van der Waals surface area contributed by atoms with E-state index in [-0.39, 0.29) is 5.91 Å². The molecule has 1 unspecified atom stereocenters. The topological polar surface area (TPSA) is 41.6 Å². The summed E-state index contributed by atoms with van der Waals surface area (Å²) in [7, 11) is 0. The molecule has 1 N–H and O–H groups in total. The smallest absolute Gasteiger partial charge is 0.236 e. The highest BCUT2D eigenvalue weighted by Gasteiger charge is 2.18. The number of nitrogens with one attached hydrogen (secondary N) is 1. The molecule has 4 nitrogen and oxygen atoms in total. The van der Waals surface area contributed by atoms with Crippen LogP contribution >= 0.6 is 0 Å². The van der Waals surface area contributed by atoms with Crippen molar-refractivity contribution < 1.29 is 9.53 Å². The summed E-state index contributed by atoms with van der Waals surface area (Å²) in [6.07, 6.45) is 6.89. The van der Waals surface area contributed by atoms with Crippen LogP contribution in [0.5, 0.6) is 0 Å². The fourth-order valence-electron chi connectivity index (χ4n) is 2.59. The van der Waals surface area contributed by atoms with Crippen molar-refractivity contribution in [1.82, 2.24) is 10.2 Å². The number of nitrogens with zero attached hydrogens (tertiary/aromatic N) is 1. The van der Waals surface area contributed by atoms with E-state index in [2.05, 4.69) is 5.32 Å². The minimum Gasteiger partial charge on any atom is -0.381 e. The number of rotatable bonds is 3. The van der Waals surface area contributed by atoms with E-state index in [1.165, 1.54) is 19.3 Å². The van der Waals surface area contributed by atoms with Gasteiger partial charge in [0.15, 0.2) is 0 Å². The second kappa shape index (κ2) is 6.97. The van der Waals surface area contributed by atoms with E-state index in [0.717, 1.165) is 45.6 Å². The highest BCUT2D eigenvalue weighted by Crippen LogP contribution is 2.10. The average molecular weight is 240 g/mol. The molecule has 0 saturated carbocycles. The van der Waals surface area contributed by atoms with Crippen molar-refractivity contribution in [3.8, 4) is 0 Å². The van der Waals surface area contributed by atoms with E-state index in [1.807, 2.05) is 4.90 Å². The Balaban J connectivity index is 1.67. The summed E-state index contributed by atoms with van der Waals surface area (Å²) in [4.78, 5) is 14.0. The van der Waals surface area contributed by atoms with Crippen molar-refractivity contribution in [3.05, 3.63) is 0 Å². The highest BCUT2D eigenvalue weighted by molar-refractivity contribution is 5.78. The fraction of sp³-hybridized carbons (Fsp3) is 0.923. The Labute approximate surface area is 104 Å². The first kappa shape index (κ1) is 12.8. The number of carbonyl (C=O) groups excluding carboxylic acids is 1. The molecule has 0 aromatic rings. The maximum absolute atomic E-state index is 12.0. The average Bonchev–Trinajstić information content (AvgIpc) is 2.65. The highest BCUT2D eigenvalue weighted by atomic mass is 16.5. The molecule has 2 aliphatic heterocycles. The van der Waals surface area contributed by atoms with Crippen LogP contribution in [0.2, 0.25) is 0 Å². The van der Waals surface area contributed by atoms with Crippen LogP contribution in [0.25, 0.3) is 0 Å². The predicted molar refractivity (Wildman–Crippen MR) is 66.9 cm³/mol. The lowest BCUT2D eigenvalue weighted by Gasteiger charge is -2.27. The molecule has 0 aromatic heterocycles. The lowest BCUT2D eigenvalue weighted by atomic mass is 10.1. The van der Waals surface area contributed by atoms with E-state index in [4.69, 9.17) is 4.74 Å². The first-order valence-corrected chi connectivity index (χ1v) is 6.95. The largest absolute Gasteiger partial charge is 0.381 e. The van der Waals surface area contributed by atoms with Crippen LogP contribution in [0.15, 0.2) is 0 Å². The normalized spacial score (nSPS) is 26.6. The first-order chi connectivity index (χ1) is 8.36. The summed E-state index contributed by atoms with van der Waals surface area (Å²) in [6.45, 7) is 4.11. The van der Waals surface area contributed by atoms with Crippen molar-refractivity contribution in [2.45, 2.75) is 44.6 Å². The molecule has 2 heterocycles. The van der Waals surface area contributed by atoms with E-state index >= 15 is 0 Å². The monoisotopic (exact) mass is 240 g/mol. The standard InChI is InChI=1S/C13H24N2O2/c16-13(15-7-2-1-3-8-15)11-14-12-5-4-9-17-10-6-12/h12,14H,1-11H2. The molecule has 98 valence electrons. The Morgan fingerprint density at radius 1 is 1.12 bits per heavy atom. The number of piperidine rings is 1. The van der Waals surface area contributed by atoms with Gasteiger partial charge < -0.3 is 15.0 Å². The second-order valence-electron chi connectivity index (χ2n) is 5.06. The third-order valence-corrected chi connectivity index (χ3v) is 3.70. The van der Waals surface area contributed by atoms with E-state index in [9.17, 15) is 4.79 Å². The molecule has 0 aliphatic carbocycles. The van der Waals surface area contributed by atoms with Crippen molar-refractivity contribution in [1.29, 1.82) is 0 Å². The van der Waals surface area contributed by atoms with Gasteiger partial charge in [0.2, 0.25) is 5.91 Å². The van der Waals surface area contributed by atoms with Gasteiger partial charge in [-0.05, 0) is 38.5 Å². The van der Waals surface area contributed by atoms with E-state index < -0.39 is 0 Å². The molecule has 1 amide bonds. The Morgan fingerprint density at radius 3 is 2.76 bits per heavy atom. The maximum Gasteiger partial charge on any atom is 0.236 e. The van der Waals surface area contributed by atoms with Crippen molar-refractivity contribution in [3.63, 3.8) is 0 Å². The van der Waals surface area contributed by atoms with Gasteiger partial charge >= 0.3 is 0 Å². The van der Waals surface area contributed by atoms with Gasteiger partial charge in [0.25, 0.3) is 0 Å². The molecule has 0 radical (unpaired) electrons. The molecule has 2 aliphatic rings. The molecule has 0 spiro atoms. The minimum absolute atomic E-state index is 0.273. The summed E-state index contributed by atoms with van der Waals surface area (Å²) >= 11 is 0. The SMILES string of the molecule is O=C(CNC1CCCOCC1)N1CCCCC1. The minimum atomic E-state index is 0.273. The first-order valence-electron chi connectivity index (χ1n) is 6.95. The molecule has 1 atom stereocenters. The van der Waals surface area contributed by atoms with Crippen LogP contribution in [0.4, 0.5) is 0 Å². The van der Waals surface area contributed by atoms with Crippen LogP contribution in [0.3, 0.4) is 0 Å². The number of likely N-dealkylation sites (tertiary alicyclic amines) is 1. The second-order valence-corrected chi connectivity index (χ2v) is 5.06. The quantitative estimate of drug-likeness (QED) is 0.805. The third-order valence-electron chi connectivity index (χ3n) is 3.70. The van der Waals surface area contributed by atoms with Crippen LogP contribution in [-0.2, 0) is 9.53 Å². The number of hydrogen-bond donors (Lipinski definition) is 1. The van der Waals surface area contributed by atoms with Gasteiger partial charge in [-0.3, -0.25) is 4.79 Å². The molecule has 2 fully saturated rings. The molecule has 2 rings (SSSR count). The van der Waals surface area contributed by atoms with Gasteiger partial charge in [0.1, 0.15) is 0 Å². The summed E-state index contributed by atoms with van der Waals surface area (Å²) in [5, 5.41) is 3.39. The Kier molecular flexibility index (Phi) is 5.26. The van der Waals surface area contributed by atoms with Gasteiger partial charge in [-0.2, -0.15) is 0 Å². The van der Waals surface area contributed by atoms with Crippen molar-refractivity contribution in [2.24, 2.45) is 0 Å². The van der Waals surface area contributed by atoms with Gasteiger partial charge in [-0.15, -0.1) is 0 Å².